The first-order chi connectivity index (χ1) is 30.1. The molecule has 3 aromatic heterocycles. The molecule has 1 aliphatic heterocycles. The van der Waals surface area contributed by atoms with Gasteiger partial charge in [-0.3, -0.25) is 0 Å². The van der Waals surface area contributed by atoms with E-state index in [1.165, 1.54) is 74.6 Å². The molecule has 0 saturated carbocycles. The van der Waals surface area contributed by atoms with Gasteiger partial charge in [-0.1, -0.05) is 152 Å². The lowest BCUT2D eigenvalue weighted by Crippen LogP contribution is -2.22. The Morgan fingerprint density at radius 2 is 1.33 bits per heavy atom. The molecule has 1 aliphatic rings. The highest BCUT2D eigenvalue weighted by atomic mass is 32.1. The van der Waals surface area contributed by atoms with Gasteiger partial charge in [0, 0.05) is 52.8 Å². The molecule has 8 aromatic carbocycles. The van der Waals surface area contributed by atoms with Crippen molar-refractivity contribution in [2.45, 2.75) is 19.9 Å². The Balaban J connectivity index is 0.937. The summed E-state index contributed by atoms with van der Waals surface area (Å²) in [7, 11) is 0. The van der Waals surface area contributed by atoms with Gasteiger partial charge in [0.15, 0.2) is 0 Å². The van der Waals surface area contributed by atoms with E-state index in [4.69, 9.17) is 9.97 Å². The fourth-order valence-electron chi connectivity index (χ4n) is 9.51. The van der Waals surface area contributed by atoms with Gasteiger partial charge >= 0.3 is 0 Å². The SMILES string of the molecule is C/C=C\C(=C/C)C1C=Cc2ccc3ccc(-c4ccc5c(ccc6ccc(-c7cccc(-c8nc9ccccc9c9c8ccc8c%10ccccc%10sc89)c7)cc65)c4)nc3c2N1. The molecule has 0 fully saturated rings. The van der Waals surface area contributed by atoms with Crippen molar-refractivity contribution in [3.63, 3.8) is 0 Å². The average Bonchev–Trinajstić information content (AvgIpc) is 3.71. The van der Waals surface area contributed by atoms with Crippen molar-refractivity contribution in [1.29, 1.82) is 0 Å². The monoisotopic (exact) mass is 797 g/mol. The molecule has 0 amide bonds. The summed E-state index contributed by atoms with van der Waals surface area (Å²) in [6.45, 7) is 4.16. The smallest absolute Gasteiger partial charge is 0.0947 e. The van der Waals surface area contributed by atoms with Gasteiger partial charge in [0.1, 0.15) is 0 Å². The number of para-hydroxylation sites is 1. The number of fused-ring (bicyclic) bond motifs is 13. The summed E-state index contributed by atoms with van der Waals surface area (Å²) in [4.78, 5) is 10.6. The lowest BCUT2D eigenvalue weighted by atomic mass is 9.93. The topological polar surface area (TPSA) is 37.8 Å². The molecule has 0 spiro atoms. The van der Waals surface area contributed by atoms with E-state index in [1.807, 2.05) is 11.3 Å². The number of hydrogen-bond donors (Lipinski definition) is 1. The van der Waals surface area contributed by atoms with E-state index in [0.29, 0.717) is 0 Å². The first kappa shape index (κ1) is 35.5. The van der Waals surface area contributed by atoms with Gasteiger partial charge in [0.05, 0.1) is 34.2 Å². The van der Waals surface area contributed by atoms with Crippen LogP contribution in [0.4, 0.5) is 5.69 Å². The molecule has 0 aliphatic carbocycles. The number of allylic oxidation sites excluding steroid dienone is 2. The van der Waals surface area contributed by atoms with Crippen molar-refractivity contribution in [2.24, 2.45) is 0 Å². The number of rotatable bonds is 5. The third-order valence-corrected chi connectivity index (χ3v) is 13.7. The Hall–Kier alpha value is -7.40. The van der Waals surface area contributed by atoms with E-state index >= 15 is 0 Å². The van der Waals surface area contributed by atoms with Crippen LogP contribution in [0.2, 0.25) is 0 Å². The standard InChI is InChI=1S/C57H39N3S/c1-3-10-34(4-2)49-29-24-36-19-20-37-25-30-50(59-56(37)55(36)58-49)41-23-26-43-40(32-41)22-18-35-17-21-39(33-48(35)43)38-11-9-12-42(31-38)54-47-28-27-45-44-13-6-8-16-52(44)61-57(45)53(47)46-14-5-7-15-51(46)60-54/h3-33,49,58H,1-2H3/b10-3-,34-4+. The van der Waals surface area contributed by atoms with Crippen LogP contribution in [-0.4, -0.2) is 16.0 Å². The van der Waals surface area contributed by atoms with E-state index in [2.05, 4.69) is 207 Å². The van der Waals surface area contributed by atoms with Gasteiger partial charge < -0.3 is 5.32 Å². The minimum absolute atomic E-state index is 0.0973. The molecular weight excluding hydrogens is 759 g/mol. The van der Waals surface area contributed by atoms with Crippen molar-refractivity contribution in [3.05, 3.63) is 193 Å². The van der Waals surface area contributed by atoms with Crippen LogP contribution in [0.25, 0.3) is 114 Å². The van der Waals surface area contributed by atoms with Crippen LogP contribution in [0, 0.1) is 0 Å². The van der Waals surface area contributed by atoms with Crippen molar-refractivity contribution >= 4 is 97.4 Å². The number of aromatic nitrogens is 2. The fourth-order valence-corrected chi connectivity index (χ4v) is 10.8. The normalized spacial score (nSPS) is 14.3. The number of nitrogens with one attached hydrogen (secondary N) is 1. The summed E-state index contributed by atoms with van der Waals surface area (Å²) >= 11 is 1.88. The molecule has 0 saturated heterocycles. The number of benzene rings is 8. The molecule has 1 atom stereocenters. The number of thiophene rings is 1. The molecule has 61 heavy (non-hydrogen) atoms. The molecule has 12 rings (SSSR count). The third kappa shape index (κ3) is 5.78. The van der Waals surface area contributed by atoms with Gasteiger partial charge in [-0.2, -0.15) is 0 Å². The van der Waals surface area contributed by atoms with Crippen LogP contribution >= 0.6 is 11.3 Å². The maximum Gasteiger partial charge on any atom is 0.0947 e. The largest absolute Gasteiger partial charge is 0.372 e. The summed E-state index contributed by atoms with van der Waals surface area (Å²) in [5, 5.41) is 16.1. The number of anilines is 1. The highest BCUT2D eigenvalue weighted by Crippen LogP contribution is 2.44. The lowest BCUT2D eigenvalue weighted by Gasteiger charge is -2.24. The van der Waals surface area contributed by atoms with E-state index < -0.39 is 0 Å². The van der Waals surface area contributed by atoms with Gasteiger partial charge in [-0.05, 0) is 94.1 Å². The zero-order chi connectivity index (χ0) is 40.6. The Labute approximate surface area is 357 Å². The van der Waals surface area contributed by atoms with Crippen molar-refractivity contribution in [3.8, 4) is 33.6 Å². The van der Waals surface area contributed by atoms with E-state index in [0.717, 1.165) is 50.2 Å². The Morgan fingerprint density at radius 3 is 2.25 bits per heavy atom. The van der Waals surface area contributed by atoms with Gasteiger partial charge in [-0.15, -0.1) is 11.3 Å². The van der Waals surface area contributed by atoms with Crippen LogP contribution in [0.1, 0.15) is 19.4 Å². The summed E-state index contributed by atoms with van der Waals surface area (Å²) in [6, 6.07) is 57.7. The Bertz CT molecular complexity index is 3720. The molecular formula is C57H39N3S. The molecule has 1 unspecified atom stereocenters. The summed E-state index contributed by atoms with van der Waals surface area (Å²) in [5.74, 6) is 0. The predicted octanol–water partition coefficient (Wildman–Crippen LogP) is 15.9. The van der Waals surface area contributed by atoms with Crippen LogP contribution < -0.4 is 5.32 Å². The second kappa shape index (κ2) is 14.1. The molecule has 288 valence electrons. The predicted molar refractivity (Wildman–Crippen MR) is 264 cm³/mol. The quantitative estimate of drug-likeness (QED) is 0.139. The summed E-state index contributed by atoms with van der Waals surface area (Å²) in [5.41, 5.74) is 12.0. The van der Waals surface area contributed by atoms with Crippen LogP contribution in [0.5, 0.6) is 0 Å². The molecule has 3 nitrogen and oxygen atoms in total. The van der Waals surface area contributed by atoms with Gasteiger partial charge in [-0.25, -0.2) is 9.97 Å². The van der Waals surface area contributed by atoms with E-state index in [1.54, 1.807) is 0 Å². The maximum atomic E-state index is 5.34. The highest BCUT2D eigenvalue weighted by molar-refractivity contribution is 7.26. The zero-order valence-corrected chi connectivity index (χ0v) is 34.6. The Morgan fingerprint density at radius 1 is 0.574 bits per heavy atom. The molecule has 11 aromatic rings. The third-order valence-electron chi connectivity index (χ3n) is 12.5. The zero-order valence-electron chi connectivity index (χ0n) is 33.8. The van der Waals surface area contributed by atoms with Gasteiger partial charge in [0.2, 0.25) is 0 Å². The molecule has 4 heterocycles. The first-order valence-corrected chi connectivity index (χ1v) is 21.8. The minimum Gasteiger partial charge on any atom is -0.372 e. The van der Waals surface area contributed by atoms with Crippen molar-refractivity contribution in [2.75, 3.05) is 5.32 Å². The maximum absolute atomic E-state index is 5.34. The number of pyridine rings is 2. The van der Waals surface area contributed by atoms with Crippen LogP contribution in [0.15, 0.2) is 188 Å². The number of nitrogens with zero attached hydrogens (tertiary/aromatic N) is 2. The molecule has 0 bridgehead atoms. The Kier molecular flexibility index (Phi) is 8.22. The number of hydrogen-bond acceptors (Lipinski definition) is 4. The lowest BCUT2D eigenvalue weighted by molar-refractivity contribution is 1.04. The fraction of sp³-hybridized carbons (Fsp3) is 0.0526. The average molecular weight is 798 g/mol. The van der Waals surface area contributed by atoms with Crippen molar-refractivity contribution < 1.29 is 0 Å². The van der Waals surface area contributed by atoms with E-state index in [9.17, 15) is 0 Å². The molecule has 1 N–H and O–H groups in total. The van der Waals surface area contributed by atoms with E-state index in [-0.39, 0.29) is 6.04 Å². The second-order valence-corrected chi connectivity index (χ2v) is 17.1. The molecule has 0 radical (unpaired) electrons. The van der Waals surface area contributed by atoms with Crippen molar-refractivity contribution in [1.82, 2.24) is 9.97 Å². The second-order valence-electron chi connectivity index (χ2n) is 16.0. The molecule has 4 heteroatoms. The van der Waals surface area contributed by atoms with Gasteiger partial charge in [0.25, 0.3) is 0 Å². The first-order valence-electron chi connectivity index (χ1n) is 21.0. The summed E-state index contributed by atoms with van der Waals surface area (Å²) in [6.07, 6.45) is 10.9. The summed E-state index contributed by atoms with van der Waals surface area (Å²) < 4.78 is 2.63. The van der Waals surface area contributed by atoms with Crippen LogP contribution in [0.3, 0.4) is 0 Å². The highest BCUT2D eigenvalue weighted by Gasteiger charge is 2.20. The van der Waals surface area contributed by atoms with Crippen LogP contribution in [-0.2, 0) is 0 Å². The minimum atomic E-state index is 0.0973.